The maximum Gasteiger partial charge on any atom is 1.00 e. The van der Waals surface area contributed by atoms with E-state index in [0.717, 1.165) is 51.4 Å². The Hall–Kier alpha value is 0.750. The molecule has 0 aromatic heterocycles. The van der Waals surface area contributed by atoms with Crippen LogP contribution in [0.1, 0.15) is 64.2 Å². The normalized spacial score (nSPS) is 15.0. The molecule has 0 heterocycles. The van der Waals surface area contributed by atoms with E-state index in [2.05, 4.69) is 0 Å². The number of hydrogen-bond donors (Lipinski definition) is 0. The summed E-state index contributed by atoms with van der Waals surface area (Å²) in [4.78, 5) is 36.9. The monoisotopic (exact) mass is 382 g/mol. The molecule has 24 heavy (non-hydrogen) atoms. The van der Waals surface area contributed by atoms with E-state index in [-0.39, 0.29) is 59.1 Å². The van der Waals surface area contributed by atoms with Gasteiger partial charge < -0.3 is 18.7 Å². The van der Waals surface area contributed by atoms with E-state index in [1.165, 1.54) is 12.8 Å². The van der Waals surface area contributed by atoms with Gasteiger partial charge in [-0.25, -0.2) is 0 Å². The van der Waals surface area contributed by atoms with Crippen molar-refractivity contribution in [3.8, 4) is 0 Å². The van der Waals surface area contributed by atoms with Crippen LogP contribution in [0.15, 0.2) is 0 Å². The number of Topliss-reactive ketones (excluding diaryl/α,β-unsaturated/α-hetero) is 2. The quantitative estimate of drug-likeness (QED) is 0.306. The molecule has 0 radical (unpaired) electrons. The van der Waals surface area contributed by atoms with Crippen LogP contribution in [0.2, 0.25) is 0 Å². The summed E-state index contributed by atoms with van der Waals surface area (Å²) in [6, 6.07) is 0. The van der Waals surface area contributed by atoms with Gasteiger partial charge in [0, 0.05) is 25.7 Å². The summed E-state index contributed by atoms with van der Waals surface area (Å²) >= 11 is -3.11. The smallest absolute Gasteiger partial charge is 0.784 e. The number of carbonyl (C=O) groups excluding carboxylic acids is 4. The maximum absolute atomic E-state index is 10.5. The maximum atomic E-state index is 10.5. The minimum absolute atomic E-state index is 0. The van der Waals surface area contributed by atoms with Crippen molar-refractivity contribution < 1.29 is 91.6 Å². The Bertz CT molecular complexity index is 273. The summed E-state index contributed by atoms with van der Waals surface area (Å²) in [6.07, 6.45) is 10.5. The van der Waals surface area contributed by atoms with Crippen molar-refractivity contribution in [2.75, 3.05) is 0 Å². The Balaban J connectivity index is -0.0000000674. The van der Waals surface area contributed by atoms with E-state index >= 15 is 0 Å². The van der Waals surface area contributed by atoms with E-state index in [4.69, 9.17) is 22.9 Å². The van der Waals surface area contributed by atoms with E-state index in [1.54, 1.807) is 0 Å². The molecule has 2 aliphatic carbocycles. The van der Waals surface area contributed by atoms with Gasteiger partial charge >= 0.3 is 59.1 Å². The zero-order chi connectivity index (χ0) is 17.8. The van der Waals surface area contributed by atoms with Crippen molar-refractivity contribution in [2.24, 2.45) is 0 Å². The summed E-state index contributed by atoms with van der Waals surface area (Å²) in [5.41, 5.74) is 0. The Morgan fingerprint density at radius 3 is 0.875 bits per heavy atom. The fourth-order valence-electron chi connectivity index (χ4n) is 1.89. The van der Waals surface area contributed by atoms with Gasteiger partial charge in [-0.15, -0.1) is 11.4 Å². The Morgan fingerprint density at radius 2 is 0.792 bits per heavy atom. The summed E-state index contributed by atoms with van der Waals surface area (Å²) in [5, 5.41) is 0. The Morgan fingerprint density at radius 1 is 0.625 bits per heavy atom. The first-order valence-corrected chi connectivity index (χ1v) is 7.90. The molecule has 10 heteroatoms. The third-order valence-electron chi connectivity index (χ3n) is 2.82. The second kappa shape index (κ2) is 31.5. The van der Waals surface area contributed by atoms with Crippen molar-refractivity contribution in [2.45, 2.75) is 64.2 Å². The van der Waals surface area contributed by atoms with Gasteiger partial charge in [0.15, 0.2) is 0 Å². The van der Waals surface area contributed by atoms with Gasteiger partial charge in [-0.3, -0.25) is 13.8 Å². The fraction of sp³-hybridized carbons (Fsp3) is 0.714. The molecule has 0 bridgehead atoms. The molecule has 2 saturated carbocycles. The molecule has 7 nitrogen and oxygen atoms in total. The van der Waals surface area contributed by atoms with E-state index in [1.807, 2.05) is 13.6 Å². The van der Waals surface area contributed by atoms with Crippen LogP contribution in [0.4, 0.5) is 0 Å². The van der Waals surface area contributed by atoms with Gasteiger partial charge in [-0.05, 0) is 25.7 Å². The minimum atomic E-state index is -3.11. The molecule has 0 atom stereocenters. The van der Waals surface area contributed by atoms with Gasteiger partial charge in [0.05, 0.1) is 0 Å². The van der Waals surface area contributed by atoms with Crippen molar-refractivity contribution in [1.29, 1.82) is 0 Å². The molecule has 0 amide bonds. The average Bonchev–Trinajstić information content (AvgIpc) is 2.53. The predicted molar refractivity (Wildman–Crippen MR) is 80.1 cm³/mol. The molecule has 0 aromatic carbocycles. The van der Waals surface area contributed by atoms with Gasteiger partial charge in [-0.1, -0.05) is 12.8 Å². The first kappa shape index (κ1) is 35.8. The molecule has 0 N–H and O–H groups in total. The number of hydrogen-bond acceptors (Lipinski definition) is 7. The molecule has 2 aliphatic rings. The van der Waals surface area contributed by atoms with Crippen molar-refractivity contribution in [3.63, 3.8) is 0 Å². The molecule has 2 fully saturated rings. The number of carbonyl (C=O) groups is 4. The van der Waals surface area contributed by atoms with Crippen LogP contribution in [0.3, 0.4) is 0 Å². The van der Waals surface area contributed by atoms with Crippen LogP contribution in [-0.2, 0) is 30.5 Å². The predicted octanol–water partition coefficient (Wildman–Crippen LogP) is -4.33. The standard InChI is InChI=1S/2C6H10O.2CH2O.2Na.H2O3S/c2*7-6-4-2-1-3-5-6;2*1-2;;;1-4(2)3/h2*1-5H2;2*1H2;;;(H2,1,2,3)/q;;;;2*+1;/p-2. The molecule has 0 spiro atoms. The zero-order valence-electron chi connectivity index (χ0n) is 14.8. The van der Waals surface area contributed by atoms with E-state index < -0.39 is 11.4 Å². The first-order valence-electron chi connectivity index (χ1n) is 6.90. The molecule has 130 valence electrons. The third kappa shape index (κ3) is 38.4. The van der Waals surface area contributed by atoms with Crippen LogP contribution in [0, 0.1) is 0 Å². The number of rotatable bonds is 0. The van der Waals surface area contributed by atoms with Crippen LogP contribution >= 0.6 is 0 Å². The largest absolute Gasteiger partial charge is 1.00 e. The van der Waals surface area contributed by atoms with Crippen molar-refractivity contribution in [1.82, 2.24) is 0 Å². The summed E-state index contributed by atoms with van der Waals surface area (Å²) in [6.45, 7) is 4.00. The van der Waals surface area contributed by atoms with Gasteiger partial charge in [0.25, 0.3) is 0 Å². The minimum Gasteiger partial charge on any atom is -0.784 e. The molecule has 2 rings (SSSR count). The average molecular weight is 382 g/mol. The SMILES string of the molecule is C=O.C=O.O=C1CCCCC1.O=C1CCCCC1.O=S([O-])[O-].[Na+].[Na+]. The second-order valence-electron chi connectivity index (χ2n) is 4.40. The Kier molecular flexibility index (Phi) is 47.0. The van der Waals surface area contributed by atoms with E-state index in [9.17, 15) is 9.59 Å². The molecule has 0 saturated heterocycles. The second-order valence-corrected chi connectivity index (χ2v) is 4.81. The molecular formula is C14H24Na2O7S. The van der Waals surface area contributed by atoms with Crippen LogP contribution < -0.4 is 59.1 Å². The summed E-state index contributed by atoms with van der Waals surface area (Å²) in [7, 11) is 0. The zero-order valence-corrected chi connectivity index (χ0v) is 19.6. The number of ketones is 2. The van der Waals surface area contributed by atoms with Crippen LogP contribution in [0.5, 0.6) is 0 Å². The van der Waals surface area contributed by atoms with Gasteiger partial charge in [0.2, 0.25) is 0 Å². The molecule has 0 aliphatic heterocycles. The van der Waals surface area contributed by atoms with Crippen molar-refractivity contribution >= 4 is 36.5 Å². The topological polar surface area (TPSA) is 131 Å². The summed E-state index contributed by atoms with van der Waals surface area (Å²) < 4.78 is 25.3. The third-order valence-corrected chi connectivity index (χ3v) is 2.82. The van der Waals surface area contributed by atoms with Gasteiger partial charge in [-0.2, -0.15) is 0 Å². The van der Waals surface area contributed by atoms with Crippen molar-refractivity contribution in [3.05, 3.63) is 0 Å². The fourth-order valence-corrected chi connectivity index (χ4v) is 1.89. The van der Waals surface area contributed by atoms with Gasteiger partial charge in [0.1, 0.15) is 25.1 Å². The molecule has 0 unspecified atom stereocenters. The first-order chi connectivity index (χ1) is 10.5. The van der Waals surface area contributed by atoms with Crippen LogP contribution in [-0.4, -0.2) is 38.5 Å². The van der Waals surface area contributed by atoms with E-state index in [0.29, 0.717) is 11.6 Å². The van der Waals surface area contributed by atoms with Crippen LogP contribution in [0.25, 0.3) is 0 Å². The molecule has 0 aromatic rings. The summed E-state index contributed by atoms with van der Waals surface area (Å²) in [5.74, 6) is 0.928. The molecular weight excluding hydrogens is 358 g/mol. The Labute approximate surface area is 190 Å².